The summed E-state index contributed by atoms with van der Waals surface area (Å²) in [5.41, 5.74) is 13.7. The number of hydrogen-bond acceptors (Lipinski definition) is 3. The number of hydrogen-bond donors (Lipinski definition) is 0. The fourth-order valence-electron chi connectivity index (χ4n) is 11.0. The van der Waals surface area contributed by atoms with E-state index in [1.165, 1.54) is 71.0 Å². The Morgan fingerprint density at radius 1 is 0.346 bits per heavy atom. The van der Waals surface area contributed by atoms with Gasteiger partial charge in [-0.3, -0.25) is 0 Å². The van der Waals surface area contributed by atoms with E-state index in [4.69, 9.17) is 15.0 Å². The Bertz CT molecular complexity index is 2320. The second kappa shape index (κ2) is 11.7. The predicted molar refractivity (Wildman–Crippen MR) is 210 cm³/mol. The Kier molecular flexibility index (Phi) is 6.74. The van der Waals surface area contributed by atoms with Gasteiger partial charge < -0.3 is 0 Å². The van der Waals surface area contributed by atoms with Crippen LogP contribution in [0.1, 0.15) is 43.2 Å². The molecule has 6 aromatic carbocycles. The maximum Gasteiger partial charge on any atom is 0.164 e. The summed E-state index contributed by atoms with van der Waals surface area (Å²) in [4.78, 5) is 15.8. The first-order valence-electron chi connectivity index (χ1n) is 19.0. The van der Waals surface area contributed by atoms with Crippen LogP contribution in [0.2, 0.25) is 0 Å². The smallest absolute Gasteiger partial charge is 0.164 e. The highest BCUT2D eigenvalue weighted by Gasteiger charge is 2.61. The van der Waals surface area contributed by atoms with Crippen LogP contribution in [0.5, 0.6) is 0 Å². The third kappa shape index (κ3) is 4.54. The summed E-state index contributed by atoms with van der Waals surface area (Å²) in [6.07, 6.45) is 6.91. The molecule has 1 heterocycles. The van der Waals surface area contributed by atoms with Crippen LogP contribution in [0.15, 0.2) is 152 Å². The van der Waals surface area contributed by atoms with Crippen LogP contribution in [0.3, 0.4) is 0 Å². The van der Waals surface area contributed by atoms with Gasteiger partial charge >= 0.3 is 0 Å². The molecule has 3 heteroatoms. The summed E-state index contributed by atoms with van der Waals surface area (Å²) in [5.74, 6) is 5.35. The maximum atomic E-state index is 5.32. The van der Waals surface area contributed by atoms with Crippen LogP contribution in [-0.2, 0) is 5.41 Å². The van der Waals surface area contributed by atoms with Crippen LogP contribution in [0.25, 0.3) is 67.5 Å². The highest BCUT2D eigenvalue weighted by Crippen LogP contribution is 2.69. The van der Waals surface area contributed by atoms with E-state index in [1.54, 1.807) is 5.56 Å². The third-order valence-corrected chi connectivity index (χ3v) is 13.0. The molecule has 5 aliphatic carbocycles. The van der Waals surface area contributed by atoms with Gasteiger partial charge in [0.15, 0.2) is 17.5 Å². The monoisotopic (exact) mass is 669 g/mol. The van der Waals surface area contributed by atoms with Gasteiger partial charge in [0.25, 0.3) is 0 Å². The lowest BCUT2D eigenvalue weighted by atomic mass is 9.43. The zero-order chi connectivity index (χ0) is 34.2. The van der Waals surface area contributed by atoms with E-state index >= 15 is 0 Å². The highest BCUT2D eigenvalue weighted by atomic mass is 15.0. The molecule has 0 N–H and O–H groups in total. The van der Waals surface area contributed by atoms with Crippen LogP contribution >= 0.6 is 0 Å². The van der Waals surface area contributed by atoms with E-state index in [9.17, 15) is 0 Å². The van der Waals surface area contributed by atoms with Crippen molar-refractivity contribution in [2.45, 2.75) is 37.5 Å². The fourth-order valence-corrected chi connectivity index (χ4v) is 11.0. The van der Waals surface area contributed by atoms with Crippen LogP contribution in [-0.4, -0.2) is 15.0 Å². The Balaban J connectivity index is 1.08. The summed E-state index contributed by atoms with van der Waals surface area (Å²) in [6, 6.07) is 54.7. The SMILES string of the molecule is c1ccc(-c2ccc(-c3nc(-c4ccc(-c5ccccc5)cc4)nc(-c4cccc5c4-c4ccccc4C54C5CC6CC(C5)CC4C6)n3)cc2)cc1. The summed E-state index contributed by atoms with van der Waals surface area (Å²) in [6.45, 7) is 0. The Morgan fingerprint density at radius 2 is 0.769 bits per heavy atom. The molecular formula is C49H39N3. The van der Waals surface area contributed by atoms with E-state index in [0.29, 0.717) is 23.5 Å². The van der Waals surface area contributed by atoms with Crippen molar-refractivity contribution < 1.29 is 0 Å². The average Bonchev–Trinajstić information content (AvgIpc) is 3.51. The minimum absolute atomic E-state index is 0.0919. The molecule has 0 unspecified atom stereocenters. The largest absolute Gasteiger partial charge is 0.208 e. The lowest BCUT2D eigenvalue weighted by Crippen LogP contribution is -2.55. The van der Waals surface area contributed by atoms with Crippen LogP contribution in [0, 0.1) is 23.7 Å². The first-order chi connectivity index (χ1) is 25.7. The zero-order valence-electron chi connectivity index (χ0n) is 29.1. The van der Waals surface area contributed by atoms with Gasteiger partial charge in [-0.25, -0.2) is 15.0 Å². The van der Waals surface area contributed by atoms with E-state index in [1.807, 2.05) is 0 Å². The topological polar surface area (TPSA) is 38.7 Å². The number of benzene rings is 6. The minimum atomic E-state index is 0.0919. The van der Waals surface area contributed by atoms with Gasteiger partial charge in [0, 0.05) is 22.1 Å². The van der Waals surface area contributed by atoms with Gasteiger partial charge in [-0.15, -0.1) is 0 Å². The molecule has 4 fully saturated rings. The Morgan fingerprint density at radius 3 is 1.33 bits per heavy atom. The van der Waals surface area contributed by atoms with Crippen molar-refractivity contribution >= 4 is 0 Å². The molecule has 0 aliphatic heterocycles. The Labute approximate surface area is 305 Å². The lowest BCUT2D eigenvalue weighted by molar-refractivity contribution is -0.0399. The molecule has 52 heavy (non-hydrogen) atoms. The molecule has 0 radical (unpaired) electrons. The minimum Gasteiger partial charge on any atom is -0.208 e. The van der Waals surface area contributed by atoms with Crippen LogP contribution < -0.4 is 0 Å². The summed E-state index contributed by atoms with van der Waals surface area (Å²) < 4.78 is 0. The van der Waals surface area contributed by atoms with Gasteiger partial charge in [-0.05, 0) is 100 Å². The summed E-state index contributed by atoms with van der Waals surface area (Å²) in [5, 5.41) is 0. The third-order valence-electron chi connectivity index (χ3n) is 13.0. The normalized spacial score (nSPS) is 23.5. The van der Waals surface area contributed by atoms with Gasteiger partial charge in [0.05, 0.1) is 0 Å². The number of fused-ring (bicyclic) bond motifs is 3. The van der Waals surface area contributed by atoms with E-state index < -0.39 is 0 Å². The van der Waals surface area contributed by atoms with E-state index in [2.05, 4.69) is 152 Å². The fraction of sp³-hybridized carbons (Fsp3) is 0.204. The van der Waals surface area contributed by atoms with Crippen LogP contribution in [0.4, 0.5) is 0 Å². The van der Waals surface area contributed by atoms with Crippen molar-refractivity contribution in [3.63, 3.8) is 0 Å². The van der Waals surface area contributed by atoms with E-state index in [0.717, 1.165) is 34.4 Å². The van der Waals surface area contributed by atoms with Crippen molar-refractivity contribution in [1.82, 2.24) is 15.0 Å². The molecule has 7 aromatic rings. The molecule has 4 bridgehead atoms. The average molecular weight is 670 g/mol. The van der Waals surface area contributed by atoms with Gasteiger partial charge in [0.1, 0.15) is 0 Å². The lowest BCUT2D eigenvalue weighted by Gasteiger charge is -2.61. The quantitative estimate of drug-likeness (QED) is 0.183. The zero-order valence-corrected chi connectivity index (χ0v) is 29.1. The number of rotatable bonds is 5. The predicted octanol–water partition coefficient (Wildman–Crippen LogP) is 11.9. The van der Waals surface area contributed by atoms with E-state index in [-0.39, 0.29) is 5.41 Å². The van der Waals surface area contributed by atoms with Crippen molar-refractivity contribution in [3.8, 4) is 67.5 Å². The summed E-state index contributed by atoms with van der Waals surface area (Å²) in [7, 11) is 0. The molecule has 4 saturated carbocycles. The molecule has 1 aromatic heterocycles. The molecule has 3 nitrogen and oxygen atoms in total. The van der Waals surface area contributed by atoms with Gasteiger partial charge in [-0.2, -0.15) is 0 Å². The molecule has 0 atom stereocenters. The van der Waals surface area contributed by atoms with Gasteiger partial charge in [0.2, 0.25) is 0 Å². The molecule has 12 rings (SSSR count). The van der Waals surface area contributed by atoms with Crippen molar-refractivity contribution in [2.75, 3.05) is 0 Å². The van der Waals surface area contributed by atoms with Crippen molar-refractivity contribution in [1.29, 1.82) is 0 Å². The standard InChI is InChI=1S/C49H39N3/c1-3-10-33(11-4-1)35-18-22-37(23-19-35)46-50-47(38-24-20-36(21-25-38)34-12-5-2-6-13-34)52-48(51-46)42-15-9-17-44-45(42)41-14-7-8-16-43(41)49(44)39-27-31-26-32(29-39)30-40(49)28-31/h1-25,31-32,39-40H,26-30H2. The molecule has 250 valence electrons. The number of nitrogens with zero attached hydrogens (tertiary/aromatic N) is 3. The van der Waals surface area contributed by atoms with Gasteiger partial charge in [-0.1, -0.05) is 152 Å². The Hall–Kier alpha value is -5.67. The highest BCUT2D eigenvalue weighted by molar-refractivity contribution is 5.92. The maximum absolute atomic E-state index is 5.32. The first kappa shape index (κ1) is 30.0. The molecular weight excluding hydrogens is 631 g/mol. The van der Waals surface area contributed by atoms with Crippen molar-refractivity contribution in [2.24, 2.45) is 23.7 Å². The second-order valence-electron chi connectivity index (χ2n) is 15.6. The molecule has 1 spiro atoms. The summed E-state index contributed by atoms with van der Waals surface area (Å²) >= 11 is 0. The number of aromatic nitrogens is 3. The van der Waals surface area contributed by atoms with Crippen molar-refractivity contribution in [3.05, 3.63) is 163 Å². The first-order valence-corrected chi connectivity index (χ1v) is 19.0. The molecule has 0 amide bonds. The molecule has 5 aliphatic rings. The molecule has 0 saturated heterocycles. The second-order valence-corrected chi connectivity index (χ2v) is 15.6.